The fourth-order valence-electron chi connectivity index (χ4n) is 3.17. The van der Waals surface area contributed by atoms with Crippen LogP contribution >= 0.6 is 0 Å². The first-order chi connectivity index (χ1) is 13.1. The Bertz CT molecular complexity index is 872. The van der Waals surface area contributed by atoms with Crippen LogP contribution in [0.5, 0.6) is 11.5 Å². The number of carbonyl (C=O) groups is 2. The number of hydrogen-bond acceptors (Lipinski definition) is 4. The van der Waals surface area contributed by atoms with Gasteiger partial charge in [0.1, 0.15) is 5.82 Å². The second-order valence-corrected chi connectivity index (χ2v) is 6.45. The van der Waals surface area contributed by atoms with Crippen LogP contribution in [0.1, 0.15) is 6.42 Å². The molecular formula is C19H18FN3O4. The molecule has 2 aliphatic heterocycles. The summed E-state index contributed by atoms with van der Waals surface area (Å²) in [5.74, 6) is 0.928. The highest BCUT2D eigenvalue weighted by molar-refractivity contribution is 5.96. The Morgan fingerprint density at radius 2 is 1.93 bits per heavy atom. The molecule has 2 aromatic carbocycles. The molecule has 7 nitrogen and oxygen atoms in total. The number of halogens is 1. The molecule has 0 saturated carbocycles. The topological polar surface area (TPSA) is 79.9 Å². The van der Waals surface area contributed by atoms with Gasteiger partial charge in [0, 0.05) is 42.9 Å². The van der Waals surface area contributed by atoms with Crippen LogP contribution in [0.2, 0.25) is 0 Å². The third-order valence-corrected chi connectivity index (χ3v) is 4.53. The number of hydrogen-bond donors (Lipinski definition) is 2. The van der Waals surface area contributed by atoms with E-state index >= 15 is 0 Å². The Hall–Kier alpha value is -3.29. The van der Waals surface area contributed by atoms with Crippen molar-refractivity contribution < 1.29 is 23.5 Å². The van der Waals surface area contributed by atoms with E-state index in [0.29, 0.717) is 36.7 Å². The van der Waals surface area contributed by atoms with Crippen LogP contribution in [0.25, 0.3) is 0 Å². The van der Waals surface area contributed by atoms with Crippen molar-refractivity contribution in [2.75, 3.05) is 30.1 Å². The fourth-order valence-corrected chi connectivity index (χ4v) is 3.17. The number of nitrogens with one attached hydrogen (secondary N) is 2. The summed E-state index contributed by atoms with van der Waals surface area (Å²) < 4.78 is 23.5. The first-order valence-electron chi connectivity index (χ1n) is 8.59. The maximum Gasteiger partial charge on any atom is 0.319 e. The van der Waals surface area contributed by atoms with Gasteiger partial charge < -0.3 is 25.0 Å². The second-order valence-electron chi connectivity index (χ2n) is 6.45. The van der Waals surface area contributed by atoms with E-state index in [9.17, 15) is 14.0 Å². The van der Waals surface area contributed by atoms with E-state index < -0.39 is 6.03 Å². The van der Waals surface area contributed by atoms with E-state index in [1.54, 1.807) is 17.0 Å². The summed E-state index contributed by atoms with van der Waals surface area (Å²) in [4.78, 5) is 26.0. The Morgan fingerprint density at radius 1 is 1.15 bits per heavy atom. The van der Waals surface area contributed by atoms with E-state index in [2.05, 4.69) is 10.6 Å². The van der Waals surface area contributed by atoms with Crippen molar-refractivity contribution in [1.29, 1.82) is 0 Å². The fraction of sp³-hybridized carbons (Fsp3) is 0.263. The summed E-state index contributed by atoms with van der Waals surface area (Å²) >= 11 is 0. The molecule has 4 rings (SSSR count). The molecule has 27 heavy (non-hydrogen) atoms. The van der Waals surface area contributed by atoms with Crippen molar-refractivity contribution in [3.8, 4) is 11.5 Å². The van der Waals surface area contributed by atoms with Gasteiger partial charge in [-0.2, -0.15) is 0 Å². The summed E-state index contributed by atoms with van der Waals surface area (Å²) in [7, 11) is 0. The SMILES string of the molecule is O=C(NCC1CC(=O)N(c2ccc3c(c2)OCO3)C1)Nc1ccc(F)cc1. The van der Waals surface area contributed by atoms with Gasteiger partial charge in [0.15, 0.2) is 11.5 Å². The zero-order valence-electron chi connectivity index (χ0n) is 14.4. The Balaban J connectivity index is 1.31. The molecule has 3 amide bonds. The van der Waals surface area contributed by atoms with E-state index in [4.69, 9.17) is 9.47 Å². The average Bonchev–Trinajstić information content (AvgIpc) is 3.27. The molecule has 2 aliphatic rings. The van der Waals surface area contributed by atoms with Crippen LogP contribution in [0.15, 0.2) is 42.5 Å². The minimum absolute atomic E-state index is 0.000363. The third kappa shape index (κ3) is 3.79. The van der Waals surface area contributed by atoms with Crippen molar-refractivity contribution in [2.24, 2.45) is 5.92 Å². The molecule has 0 aliphatic carbocycles. The number of ether oxygens (including phenoxy) is 2. The average molecular weight is 371 g/mol. The second kappa shape index (κ2) is 7.14. The quantitative estimate of drug-likeness (QED) is 0.866. The van der Waals surface area contributed by atoms with E-state index in [1.807, 2.05) is 6.07 Å². The van der Waals surface area contributed by atoms with Crippen LogP contribution in [0.4, 0.5) is 20.6 Å². The maximum absolute atomic E-state index is 12.9. The number of nitrogens with zero attached hydrogens (tertiary/aromatic N) is 1. The predicted molar refractivity (Wildman–Crippen MR) is 96.4 cm³/mol. The number of urea groups is 1. The zero-order valence-corrected chi connectivity index (χ0v) is 14.4. The van der Waals surface area contributed by atoms with Crippen LogP contribution in [-0.4, -0.2) is 31.8 Å². The molecule has 8 heteroatoms. The lowest BCUT2D eigenvalue weighted by molar-refractivity contribution is -0.117. The Labute approximate surface area is 155 Å². The molecule has 0 bridgehead atoms. The number of rotatable bonds is 4. The van der Waals surface area contributed by atoms with Gasteiger partial charge in [0.05, 0.1) is 0 Å². The van der Waals surface area contributed by atoms with Gasteiger partial charge in [0.2, 0.25) is 12.7 Å². The van der Waals surface area contributed by atoms with E-state index in [0.717, 1.165) is 5.69 Å². The van der Waals surface area contributed by atoms with Gasteiger partial charge in [-0.05, 0) is 36.4 Å². The van der Waals surface area contributed by atoms with Gasteiger partial charge in [0.25, 0.3) is 0 Å². The molecular weight excluding hydrogens is 353 g/mol. The third-order valence-electron chi connectivity index (χ3n) is 4.53. The van der Waals surface area contributed by atoms with E-state index in [1.165, 1.54) is 24.3 Å². The molecule has 0 spiro atoms. The highest BCUT2D eigenvalue weighted by Gasteiger charge is 2.31. The lowest BCUT2D eigenvalue weighted by Crippen LogP contribution is -2.34. The van der Waals surface area contributed by atoms with Crippen molar-refractivity contribution in [2.45, 2.75) is 6.42 Å². The predicted octanol–water partition coefficient (Wildman–Crippen LogP) is 2.73. The molecule has 2 N–H and O–H groups in total. The molecule has 1 saturated heterocycles. The normalized spacial score (nSPS) is 17.9. The first kappa shape index (κ1) is 17.1. The van der Waals surface area contributed by atoms with Crippen LogP contribution in [-0.2, 0) is 4.79 Å². The summed E-state index contributed by atoms with van der Waals surface area (Å²) in [6.07, 6.45) is 0.352. The minimum atomic E-state index is -0.393. The number of anilines is 2. The van der Waals surface area contributed by atoms with Crippen molar-refractivity contribution in [1.82, 2.24) is 5.32 Å². The summed E-state index contributed by atoms with van der Waals surface area (Å²) in [6.45, 7) is 1.05. The lowest BCUT2D eigenvalue weighted by Gasteiger charge is -2.17. The van der Waals surface area contributed by atoms with Crippen molar-refractivity contribution in [3.63, 3.8) is 0 Å². The van der Waals surface area contributed by atoms with Gasteiger partial charge in [-0.1, -0.05) is 0 Å². The Kier molecular flexibility index (Phi) is 4.53. The smallest absolute Gasteiger partial charge is 0.319 e. The molecule has 1 fully saturated rings. The zero-order chi connectivity index (χ0) is 18.8. The van der Waals surface area contributed by atoms with Crippen LogP contribution in [0.3, 0.4) is 0 Å². The largest absolute Gasteiger partial charge is 0.454 e. The van der Waals surface area contributed by atoms with Gasteiger partial charge in [-0.25, -0.2) is 9.18 Å². The van der Waals surface area contributed by atoms with E-state index in [-0.39, 0.29) is 24.4 Å². The van der Waals surface area contributed by atoms with Crippen molar-refractivity contribution in [3.05, 3.63) is 48.3 Å². The molecule has 1 unspecified atom stereocenters. The maximum atomic E-state index is 12.9. The summed E-state index contributed by atoms with van der Waals surface area (Å²) in [5.41, 5.74) is 1.25. The molecule has 0 radical (unpaired) electrons. The first-order valence-corrected chi connectivity index (χ1v) is 8.59. The monoisotopic (exact) mass is 371 g/mol. The molecule has 2 heterocycles. The highest BCUT2D eigenvalue weighted by Crippen LogP contribution is 2.37. The molecule has 0 aromatic heterocycles. The van der Waals surface area contributed by atoms with Gasteiger partial charge in [-0.15, -0.1) is 0 Å². The summed E-state index contributed by atoms with van der Waals surface area (Å²) in [6, 6.07) is 10.5. The minimum Gasteiger partial charge on any atom is -0.454 e. The number of benzene rings is 2. The molecule has 140 valence electrons. The number of carbonyl (C=O) groups excluding carboxylic acids is 2. The lowest BCUT2D eigenvalue weighted by atomic mass is 10.1. The number of amides is 3. The number of fused-ring (bicyclic) bond motifs is 1. The standard InChI is InChI=1S/C19H18FN3O4/c20-13-1-3-14(4-2-13)22-19(25)21-9-12-7-18(24)23(10-12)15-5-6-16-17(8-15)27-11-26-16/h1-6,8,12H,7,9-11H2,(H2,21,22,25). The van der Waals surface area contributed by atoms with Gasteiger partial charge >= 0.3 is 6.03 Å². The van der Waals surface area contributed by atoms with Crippen molar-refractivity contribution >= 4 is 23.3 Å². The summed E-state index contributed by atoms with van der Waals surface area (Å²) in [5, 5.41) is 5.38. The van der Waals surface area contributed by atoms with Gasteiger partial charge in [-0.3, -0.25) is 4.79 Å². The molecule has 1 atom stereocenters. The highest BCUT2D eigenvalue weighted by atomic mass is 19.1. The van der Waals surface area contributed by atoms with Crippen LogP contribution in [0, 0.1) is 11.7 Å². The Morgan fingerprint density at radius 3 is 2.74 bits per heavy atom. The van der Waals surface area contributed by atoms with Crippen LogP contribution < -0.4 is 25.0 Å². The molecule has 2 aromatic rings.